The summed E-state index contributed by atoms with van der Waals surface area (Å²) in [6.07, 6.45) is 0. The van der Waals surface area contributed by atoms with Crippen LogP contribution in [0.2, 0.25) is 0 Å². The van der Waals surface area contributed by atoms with E-state index in [-0.39, 0.29) is 9.77 Å². The van der Waals surface area contributed by atoms with Gasteiger partial charge in [0.05, 0.1) is 9.77 Å². The molecule has 18 heavy (non-hydrogen) atoms. The number of thiophene rings is 1. The molecule has 3 N–H and O–H groups in total. The van der Waals surface area contributed by atoms with Crippen molar-refractivity contribution in [2.45, 2.75) is 17.9 Å². The number of hydrogen-bond acceptors (Lipinski definition) is 5. The summed E-state index contributed by atoms with van der Waals surface area (Å²) < 4.78 is 25.5. The molecule has 0 aromatic carbocycles. The van der Waals surface area contributed by atoms with Crippen molar-refractivity contribution in [3.8, 4) is 0 Å². The predicted molar refractivity (Wildman–Crippen MR) is 65.1 cm³/mol. The smallest absolute Gasteiger partial charge is 0.321 e. The average molecular weight is 292 g/mol. The summed E-state index contributed by atoms with van der Waals surface area (Å²) in [5.41, 5.74) is 0. The van der Waals surface area contributed by atoms with E-state index in [0.717, 1.165) is 11.3 Å². The third-order valence-electron chi connectivity index (χ3n) is 2.04. The first-order valence-electron chi connectivity index (χ1n) is 4.83. The van der Waals surface area contributed by atoms with Crippen molar-refractivity contribution >= 4 is 33.2 Å². The Kier molecular flexibility index (Phi) is 4.43. The van der Waals surface area contributed by atoms with Crippen LogP contribution in [0.1, 0.15) is 16.6 Å². The number of carbonyl (C=O) groups excluding carboxylic acids is 1. The fourth-order valence-electron chi connectivity index (χ4n) is 1.05. The highest BCUT2D eigenvalue weighted by Crippen LogP contribution is 2.19. The Morgan fingerprint density at radius 2 is 2.06 bits per heavy atom. The van der Waals surface area contributed by atoms with E-state index in [0.29, 0.717) is 0 Å². The highest BCUT2D eigenvalue weighted by molar-refractivity contribution is 7.89. The van der Waals surface area contributed by atoms with Crippen molar-refractivity contribution < 1.29 is 23.1 Å². The summed E-state index contributed by atoms with van der Waals surface area (Å²) in [5.74, 6) is -1.67. The van der Waals surface area contributed by atoms with E-state index in [1.807, 2.05) is 4.72 Å². The molecule has 1 heterocycles. The van der Waals surface area contributed by atoms with Gasteiger partial charge in [0.15, 0.2) is 0 Å². The van der Waals surface area contributed by atoms with Crippen molar-refractivity contribution in [3.63, 3.8) is 0 Å². The van der Waals surface area contributed by atoms with Gasteiger partial charge in [0, 0.05) is 12.4 Å². The number of amides is 1. The zero-order valence-electron chi connectivity index (χ0n) is 9.63. The second-order valence-corrected chi connectivity index (χ2v) is 6.03. The maximum Gasteiger partial charge on any atom is 0.321 e. The molecule has 1 aromatic rings. The number of rotatable bonds is 5. The standard InChI is InChI=1S/C9H12N2O5S2/c1-5(9(13)14)11-18(15,16)6-3-7(17-4-6)8(12)10-2/h3-5,11H,1-2H3,(H,10,12)(H,13,14)/t5-/m0/s1. The van der Waals surface area contributed by atoms with Gasteiger partial charge >= 0.3 is 5.97 Å². The molecule has 0 aliphatic heterocycles. The van der Waals surface area contributed by atoms with Gasteiger partial charge in [-0.1, -0.05) is 0 Å². The molecule has 0 unspecified atom stereocenters. The van der Waals surface area contributed by atoms with Gasteiger partial charge in [0.2, 0.25) is 10.0 Å². The molecule has 100 valence electrons. The second kappa shape index (κ2) is 5.46. The maximum absolute atomic E-state index is 11.8. The molecule has 0 saturated heterocycles. The van der Waals surface area contributed by atoms with E-state index in [4.69, 9.17) is 5.11 Å². The Morgan fingerprint density at radius 1 is 1.44 bits per heavy atom. The van der Waals surface area contributed by atoms with Crippen LogP contribution in [-0.2, 0) is 14.8 Å². The lowest BCUT2D eigenvalue weighted by Crippen LogP contribution is -2.38. The minimum Gasteiger partial charge on any atom is -0.480 e. The number of hydrogen-bond donors (Lipinski definition) is 3. The van der Waals surface area contributed by atoms with Gasteiger partial charge in [-0.2, -0.15) is 4.72 Å². The predicted octanol–water partition coefficient (Wildman–Crippen LogP) is -0.141. The molecule has 0 aliphatic carbocycles. The van der Waals surface area contributed by atoms with E-state index in [1.54, 1.807) is 0 Å². The summed E-state index contributed by atoms with van der Waals surface area (Å²) >= 11 is 0.966. The SMILES string of the molecule is CNC(=O)c1cc(S(=O)(=O)N[C@@H](C)C(=O)O)cs1. The molecule has 0 spiro atoms. The summed E-state index contributed by atoms with van der Waals surface area (Å²) in [6, 6.07) is -0.0428. The van der Waals surface area contributed by atoms with Gasteiger partial charge < -0.3 is 10.4 Å². The van der Waals surface area contributed by atoms with Gasteiger partial charge in [-0.25, -0.2) is 8.42 Å². The van der Waals surface area contributed by atoms with Crippen LogP contribution >= 0.6 is 11.3 Å². The van der Waals surface area contributed by atoms with Gasteiger partial charge in [-0.15, -0.1) is 11.3 Å². The van der Waals surface area contributed by atoms with Crippen LogP contribution in [0.4, 0.5) is 0 Å². The average Bonchev–Trinajstić information content (AvgIpc) is 2.77. The van der Waals surface area contributed by atoms with Crippen molar-refractivity contribution in [1.29, 1.82) is 0 Å². The number of sulfonamides is 1. The lowest BCUT2D eigenvalue weighted by atomic mass is 10.4. The minimum absolute atomic E-state index is 0.126. The third-order valence-corrected chi connectivity index (χ3v) is 4.64. The molecule has 1 aromatic heterocycles. The van der Waals surface area contributed by atoms with Crippen LogP contribution in [0.25, 0.3) is 0 Å². The Balaban J connectivity index is 2.96. The molecule has 1 amide bonds. The lowest BCUT2D eigenvalue weighted by molar-refractivity contribution is -0.138. The van der Waals surface area contributed by atoms with Gasteiger partial charge in [0.1, 0.15) is 6.04 Å². The van der Waals surface area contributed by atoms with Crippen molar-refractivity contribution in [1.82, 2.24) is 10.0 Å². The summed E-state index contributed by atoms with van der Waals surface area (Å²) in [5, 5.41) is 12.3. The number of nitrogens with one attached hydrogen (secondary N) is 2. The molecule has 0 bridgehead atoms. The zero-order valence-corrected chi connectivity index (χ0v) is 11.3. The lowest BCUT2D eigenvalue weighted by Gasteiger charge is -2.08. The van der Waals surface area contributed by atoms with Crippen LogP contribution in [0.15, 0.2) is 16.3 Å². The van der Waals surface area contributed by atoms with E-state index < -0.39 is 27.9 Å². The van der Waals surface area contributed by atoms with Crippen LogP contribution in [0, 0.1) is 0 Å². The van der Waals surface area contributed by atoms with Crippen molar-refractivity contribution in [2.24, 2.45) is 0 Å². The first-order chi connectivity index (χ1) is 8.27. The van der Waals surface area contributed by atoms with Crippen LogP contribution < -0.4 is 10.0 Å². The number of aliphatic carboxylic acids is 1. The highest BCUT2D eigenvalue weighted by atomic mass is 32.2. The molecule has 0 saturated carbocycles. The quantitative estimate of drug-likeness (QED) is 0.699. The third kappa shape index (κ3) is 3.28. The van der Waals surface area contributed by atoms with E-state index in [1.165, 1.54) is 25.4 Å². The molecule has 0 aliphatic rings. The zero-order chi connectivity index (χ0) is 13.9. The Labute approximate surface area is 108 Å². The summed E-state index contributed by atoms with van der Waals surface area (Å²) in [6.45, 7) is 1.21. The monoisotopic (exact) mass is 292 g/mol. The minimum atomic E-state index is -3.93. The number of carboxylic acids is 1. The fourth-order valence-corrected chi connectivity index (χ4v) is 3.47. The van der Waals surface area contributed by atoms with Crippen LogP contribution in [-0.4, -0.2) is 38.5 Å². The molecule has 1 rings (SSSR count). The molecular weight excluding hydrogens is 280 g/mol. The second-order valence-electron chi connectivity index (χ2n) is 3.41. The largest absolute Gasteiger partial charge is 0.480 e. The fraction of sp³-hybridized carbons (Fsp3) is 0.333. The summed E-state index contributed by atoms with van der Waals surface area (Å²) in [4.78, 5) is 22.0. The first kappa shape index (κ1) is 14.6. The maximum atomic E-state index is 11.8. The molecule has 1 atom stereocenters. The van der Waals surface area contributed by atoms with Gasteiger partial charge in [-0.05, 0) is 13.0 Å². The van der Waals surface area contributed by atoms with Gasteiger partial charge in [0.25, 0.3) is 5.91 Å². The Morgan fingerprint density at radius 3 is 2.56 bits per heavy atom. The van der Waals surface area contributed by atoms with Crippen LogP contribution in [0.3, 0.4) is 0 Å². The van der Waals surface area contributed by atoms with Gasteiger partial charge in [-0.3, -0.25) is 9.59 Å². The summed E-state index contributed by atoms with van der Waals surface area (Å²) in [7, 11) is -2.49. The Bertz CT molecular complexity index is 563. The number of carbonyl (C=O) groups is 2. The molecule has 7 nitrogen and oxygen atoms in total. The topological polar surface area (TPSA) is 113 Å². The first-order valence-corrected chi connectivity index (χ1v) is 7.20. The highest BCUT2D eigenvalue weighted by Gasteiger charge is 2.23. The van der Waals surface area contributed by atoms with Crippen molar-refractivity contribution in [2.75, 3.05) is 7.05 Å². The molecule has 0 fully saturated rings. The van der Waals surface area contributed by atoms with E-state index in [2.05, 4.69) is 5.32 Å². The van der Waals surface area contributed by atoms with E-state index >= 15 is 0 Å². The molecule has 9 heteroatoms. The Hall–Kier alpha value is -1.45. The van der Waals surface area contributed by atoms with E-state index in [9.17, 15) is 18.0 Å². The normalized spacial score (nSPS) is 13.0. The molecule has 0 radical (unpaired) electrons. The van der Waals surface area contributed by atoms with Crippen molar-refractivity contribution in [3.05, 3.63) is 16.3 Å². The molecular formula is C9H12N2O5S2. The van der Waals surface area contributed by atoms with Crippen LogP contribution in [0.5, 0.6) is 0 Å². The number of carboxylic acid groups (broad SMARTS) is 1.